The van der Waals surface area contributed by atoms with Gasteiger partial charge >= 0.3 is 0 Å². The second-order valence-corrected chi connectivity index (χ2v) is 5.58. The van der Waals surface area contributed by atoms with E-state index in [1.165, 1.54) is 0 Å². The fraction of sp³-hybridized carbons (Fsp3) is 0.412. The average Bonchev–Trinajstić information content (AvgIpc) is 2.80. The summed E-state index contributed by atoms with van der Waals surface area (Å²) in [4.78, 5) is 14.6. The number of hydrogen-bond donors (Lipinski definition) is 1. The van der Waals surface area contributed by atoms with Gasteiger partial charge in [0.2, 0.25) is 0 Å². The number of amides is 1. The maximum atomic E-state index is 12.3. The lowest BCUT2D eigenvalue weighted by Crippen LogP contribution is -2.30. The second-order valence-electron chi connectivity index (χ2n) is 5.58. The number of aromatic nitrogens is 1. The number of carbonyl (C=O) groups is 1. The van der Waals surface area contributed by atoms with Crippen LogP contribution in [0.4, 0.5) is 11.4 Å². The number of nitrogens with zero attached hydrogens (tertiary/aromatic N) is 2. The molecule has 0 aliphatic rings. The number of nitrogens with one attached hydrogen (secondary N) is 1. The third-order valence-corrected chi connectivity index (χ3v) is 3.68. The van der Waals surface area contributed by atoms with Crippen molar-refractivity contribution in [2.45, 2.75) is 40.7 Å². The Labute approximate surface area is 131 Å². The van der Waals surface area contributed by atoms with Crippen LogP contribution in [-0.4, -0.2) is 23.7 Å². The van der Waals surface area contributed by atoms with Crippen LogP contribution in [0.5, 0.6) is 0 Å². The van der Waals surface area contributed by atoms with E-state index in [0.717, 1.165) is 17.9 Å². The molecule has 1 heterocycles. The Bertz CT molecular complexity index is 625. The quantitative estimate of drug-likeness (QED) is 0.913. The Morgan fingerprint density at radius 1 is 1.27 bits per heavy atom. The number of carbonyl (C=O) groups excluding carboxylic acids is 1. The van der Waals surface area contributed by atoms with Crippen LogP contribution in [0.3, 0.4) is 0 Å². The van der Waals surface area contributed by atoms with Crippen LogP contribution in [0.25, 0.3) is 0 Å². The molecule has 22 heavy (non-hydrogen) atoms. The highest BCUT2D eigenvalue weighted by molar-refractivity contribution is 6.05. The van der Waals surface area contributed by atoms with Crippen molar-refractivity contribution in [3.05, 3.63) is 41.3 Å². The van der Waals surface area contributed by atoms with Crippen LogP contribution in [0.1, 0.15) is 42.6 Å². The Kier molecular flexibility index (Phi) is 4.85. The van der Waals surface area contributed by atoms with Crippen LogP contribution < -0.4 is 10.2 Å². The molecule has 0 unspecified atom stereocenters. The fourth-order valence-electron chi connectivity index (χ4n) is 2.58. The molecule has 1 amide bonds. The maximum absolute atomic E-state index is 12.3. The minimum Gasteiger partial charge on any atom is -0.369 e. The summed E-state index contributed by atoms with van der Waals surface area (Å²) in [6.07, 6.45) is 0. The first-order chi connectivity index (χ1) is 10.4. The standard InChI is InChI=1S/C17H23N3O2/c1-6-20(11(2)3)15-9-7-14(8-10-15)18-17(21)16-12(4)19-22-13(16)5/h7-11H,6H2,1-5H3,(H,18,21). The van der Waals surface area contributed by atoms with Crippen LogP contribution >= 0.6 is 0 Å². The van der Waals surface area contributed by atoms with Crippen LogP contribution in [0.2, 0.25) is 0 Å². The summed E-state index contributed by atoms with van der Waals surface area (Å²) in [5.41, 5.74) is 3.01. The smallest absolute Gasteiger partial charge is 0.261 e. The average molecular weight is 301 g/mol. The first-order valence-electron chi connectivity index (χ1n) is 7.55. The molecule has 1 aromatic heterocycles. The van der Waals surface area contributed by atoms with Gasteiger partial charge in [-0.05, 0) is 58.9 Å². The van der Waals surface area contributed by atoms with Crippen molar-refractivity contribution in [1.82, 2.24) is 5.16 Å². The van der Waals surface area contributed by atoms with Gasteiger partial charge < -0.3 is 14.7 Å². The number of aryl methyl sites for hydroxylation is 2. The van der Waals surface area contributed by atoms with Crippen molar-refractivity contribution in [3.63, 3.8) is 0 Å². The lowest BCUT2D eigenvalue weighted by Gasteiger charge is -2.27. The van der Waals surface area contributed by atoms with Gasteiger partial charge in [0, 0.05) is 24.0 Å². The molecule has 0 bridgehead atoms. The van der Waals surface area contributed by atoms with Crippen molar-refractivity contribution in [2.24, 2.45) is 0 Å². The number of anilines is 2. The summed E-state index contributed by atoms with van der Waals surface area (Å²) >= 11 is 0. The zero-order valence-corrected chi connectivity index (χ0v) is 13.8. The van der Waals surface area contributed by atoms with Gasteiger partial charge in [-0.2, -0.15) is 0 Å². The summed E-state index contributed by atoms with van der Waals surface area (Å²) in [5.74, 6) is 0.337. The molecular weight excluding hydrogens is 278 g/mol. The van der Waals surface area contributed by atoms with E-state index in [2.05, 4.69) is 36.1 Å². The largest absolute Gasteiger partial charge is 0.369 e. The summed E-state index contributed by atoms with van der Waals surface area (Å²) < 4.78 is 5.03. The minimum absolute atomic E-state index is 0.194. The molecule has 118 valence electrons. The van der Waals surface area contributed by atoms with Gasteiger partial charge in [0.15, 0.2) is 0 Å². The molecule has 0 fully saturated rings. The van der Waals surface area contributed by atoms with Crippen LogP contribution in [0, 0.1) is 13.8 Å². The molecular formula is C17H23N3O2. The van der Waals surface area contributed by atoms with Gasteiger partial charge in [-0.15, -0.1) is 0 Å². The SMILES string of the molecule is CCN(c1ccc(NC(=O)c2c(C)noc2C)cc1)C(C)C. The molecule has 1 N–H and O–H groups in total. The summed E-state index contributed by atoms with van der Waals surface area (Å²) in [7, 11) is 0. The Hall–Kier alpha value is -2.30. The van der Waals surface area contributed by atoms with E-state index < -0.39 is 0 Å². The molecule has 0 radical (unpaired) electrons. The van der Waals surface area contributed by atoms with Crippen molar-refractivity contribution < 1.29 is 9.32 Å². The molecule has 2 rings (SSSR count). The molecule has 0 atom stereocenters. The highest BCUT2D eigenvalue weighted by Crippen LogP contribution is 2.21. The van der Waals surface area contributed by atoms with Gasteiger partial charge in [0.25, 0.3) is 5.91 Å². The predicted octanol–water partition coefficient (Wildman–Crippen LogP) is 3.78. The van der Waals surface area contributed by atoms with Crippen molar-refractivity contribution >= 4 is 17.3 Å². The predicted molar refractivity (Wildman–Crippen MR) is 88.5 cm³/mol. The van der Waals surface area contributed by atoms with Gasteiger partial charge in [-0.25, -0.2) is 0 Å². The Morgan fingerprint density at radius 3 is 2.36 bits per heavy atom. The Balaban J connectivity index is 2.13. The first-order valence-corrected chi connectivity index (χ1v) is 7.55. The molecule has 0 saturated carbocycles. The van der Waals surface area contributed by atoms with E-state index in [1.54, 1.807) is 13.8 Å². The zero-order chi connectivity index (χ0) is 16.3. The Morgan fingerprint density at radius 2 is 1.91 bits per heavy atom. The number of rotatable bonds is 5. The van der Waals surface area contributed by atoms with Gasteiger partial charge in [-0.1, -0.05) is 5.16 Å². The van der Waals surface area contributed by atoms with Crippen molar-refractivity contribution in [2.75, 3.05) is 16.8 Å². The van der Waals surface area contributed by atoms with Gasteiger partial charge in [0.1, 0.15) is 11.3 Å². The third kappa shape index (κ3) is 3.30. The fourth-order valence-corrected chi connectivity index (χ4v) is 2.58. The second kappa shape index (κ2) is 6.64. The molecule has 0 saturated heterocycles. The summed E-state index contributed by atoms with van der Waals surface area (Å²) in [5, 5.41) is 6.69. The minimum atomic E-state index is -0.194. The van der Waals surface area contributed by atoms with Gasteiger partial charge in [0.05, 0.1) is 5.69 Å². The van der Waals surface area contributed by atoms with E-state index >= 15 is 0 Å². The zero-order valence-electron chi connectivity index (χ0n) is 13.8. The van der Waals surface area contributed by atoms with Crippen LogP contribution in [0.15, 0.2) is 28.8 Å². The molecule has 2 aromatic rings. The molecule has 0 aliphatic heterocycles. The number of hydrogen-bond acceptors (Lipinski definition) is 4. The summed E-state index contributed by atoms with van der Waals surface area (Å²) in [6, 6.07) is 8.30. The van der Waals surface area contributed by atoms with Crippen molar-refractivity contribution in [3.8, 4) is 0 Å². The van der Waals surface area contributed by atoms with E-state index in [4.69, 9.17) is 4.52 Å². The lowest BCUT2D eigenvalue weighted by molar-refractivity contribution is 0.102. The molecule has 1 aromatic carbocycles. The molecule has 5 nitrogen and oxygen atoms in total. The highest BCUT2D eigenvalue weighted by Gasteiger charge is 2.17. The van der Waals surface area contributed by atoms with E-state index in [0.29, 0.717) is 23.1 Å². The van der Waals surface area contributed by atoms with Gasteiger partial charge in [-0.3, -0.25) is 4.79 Å². The third-order valence-electron chi connectivity index (χ3n) is 3.68. The van der Waals surface area contributed by atoms with E-state index in [9.17, 15) is 4.79 Å². The topological polar surface area (TPSA) is 58.4 Å². The molecule has 0 spiro atoms. The normalized spacial score (nSPS) is 10.8. The van der Waals surface area contributed by atoms with Crippen LogP contribution in [-0.2, 0) is 0 Å². The first kappa shape index (κ1) is 16.1. The number of benzene rings is 1. The maximum Gasteiger partial charge on any atom is 0.261 e. The molecule has 5 heteroatoms. The highest BCUT2D eigenvalue weighted by atomic mass is 16.5. The van der Waals surface area contributed by atoms with E-state index in [-0.39, 0.29) is 5.91 Å². The summed E-state index contributed by atoms with van der Waals surface area (Å²) in [6.45, 7) is 10.9. The monoisotopic (exact) mass is 301 g/mol. The van der Waals surface area contributed by atoms with E-state index in [1.807, 2.05) is 24.3 Å². The van der Waals surface area contributed by atoms with Crippen molar-refractivity contribution in [1.29, 1.82) is 0 Å². The lowest BCUT2D eigenvalue weighted by atomic mass is 10.2. The molecule has 0 aliphatic carbocycles.